The van der Waals surface area contributed by atoms with Crippen LogP contribution >= 0.6 is 0 Å². The highest BCUT2D eigenvalue weighted by Gasteiger charge is 2.29. The summed E-state index contributed by atoms with van der Waals surface area (Å²) < 4.78 is 5.58. The zero-order chi connectivity index (χ0) is 17.8. The third kappa shape index (κ3) is 3.54. The van der Waals surface area contributed by atoms with Crippen LogP contribution in [0.3, 0.4) is 0 Å². The van der Waals surface area contributed by atoms with Crippen LogP contribution in [0.4, 0.5) is 4.79 Å². The Morgan fingerprint density at radius 1 is 1.08 bits per heavy atom. The van der Waals surface area contributed by atoms with Crippen molar-refractivity contribution in [1.82, 2.24) is 9.88 Å². The van der Waals surface area contributed by atoms with E-state index in [1.165, 1.54) is 0 Å². The van der Waals surface area contributed by atoms with Gasteiger partial charge in [-0.05, 0) is 48.6 Å². The van der Waals surface area contributed by atoms with Gasteiger partial charge >= 0.3 is 6.09 Å². The van der Waals surface area contributed by atoms with Crippen molar-refractivity contribution in [2.45, 2.75) is 31.9 Å². The Labute approximate surface area is 153 Å². The Morgan fingerprint density at radius 2 is 1.96 bits per heavy atom. The summed E-state index contributed by atoms with van der Waals surface area (Å²) >= 11 is 0. The van der Waals surface area contributed by atoms with E-state index >= 15 is 0 Å². The van der Waals surface area contributed by atoms with E-state index in [2.05, 4.69) is 23.2 Å². The molecule has 1 aromatic heterocycles. The fraction of sp³-hybridized carbons (Fsp3) is 0.273. The van der Waals surface area contributed by atoms with Gasteiger partial charge in [0.1, 0.15) is 6.61 Å². The first-order valence-electron chi connectivity index (χ1n) is 9.13. The first-order chi connectivity index (χ1) is 12.8. The number of nitrogens with zero attached hydrogens (tertiary/aromatic N) is 2. The molecule has 2 aromatic carbocycles. The Bertz CT molecular complexity index is 895. The van der Waals surface area contributed by atoms with Gasteiger partial charge in [0.2, 0.25) is 0 Å². The van der Waals surface area contributed by atoms with Gasteiger partial charge in [0.15, 0.2) is 0 Å². The average Bonchev–Trinajstić information content (AvgIpc) is 2.72. The fourth-order valence-electron chi connectivity index (χ4n) is 3.60. The molecular weight excluding hydrogens is 324 g/mol. The molecule has 1 atom stereocenters. The minimum absolute atomic E-state index is 0.0663. The molecule has 26 heavy (non-hydrogen) atoms. The summed E-state index contributed by atoms with van der Waals surface area (Å²) in [7, 11) is 0. The van der Waals surface area contributed by atoms with Gasteiger partial charge in [0, 0.05) is 18.1 Å². The number of piperidine rings is 1. The van der Waals surface area contributed by atoms with Crippen LogP contribution in [0, 0.1) is 0 Å². The van der Waals surface area contributed by atoms with Crippen molar-refractivity contribution in [2.75, 3.05) is 6.54 Å². The van der Waals surface area contributed by atoms with Gasteiger partial charge in [0.25, 0.3) is 0 Å². The molecule has 1 aliphatic heterocycles. The highest BCUT2D eigenvalue weighted by Crippen LogP contribution is 2.32. The second-order valence-corrected chi connectivity index (χ2v) is 6.70. The van der Waals surface area contributed by atoms with Gasteiger partial charge < -0.3 is 9.64 Å². The Morgan fingerprint density at radius 3 is 2.85 bits per heavy atom. The van der Waals surface area contributed by atoms with Crippen LogP contribution in [0.1, 0.15) is 36.4 Å². The lowest BCUT2D eigenvalue weighted by Crippen LogP contribution is -2.38. The molecule has 3 aromatic rings. The molecule has 0 spiro atoms. The summed E-state index contributed by atoms with van der Waals surface area (Å²) in [6.07, 6.45) is 4.68. The van der Waals surface area contributed by atoms with Crippen molar-refractivity contribution in [1.29, 1.82) is 0 Å². The Kier molecular flexibility index (Phi) is 4.82. The number of likely N-dealkylation sites (tertiary alicyclic amines) is 1. The van der Waals surface area contributed by atoms with E-state index < -0.39 is 0 Å². The number of fused-ring (bicyclic) bond motifs is 1. The Hall–Kier alpha value is -2.88. The maximum absolute atomic E-state index is 12.7. The quantitative estimate of drug-likeness (QED) is 0.663. The van der Waals surface area contributed by atoms with E-state index in [-0.39, 0.29) is 12.1 Å². The monoisotopic (exact) mass is 346 g/mol. The molecule has 4 heteroatoms. The molecule has 0 aliphatic carbocycles. The van der Waals surface area contributed by atoms with E-state index in [1.807, 2.05) is 47.4 Å². The predicted molar refractivity (Wildman–Crippen MR) is 102 cm³/mol. The van der Waals surface area contributed by atoms with Crippen LogP contribution < -0.4 is 0 Å². The molecule has 1 amide bonds. The largest absolute Gasteiger partial charge is 0.445 e. The molecule has 4 nitrogen and oxygen atoms in total. The summed E-state index contributed by atoms with van der Waals surface area (Å²) in [5.74, 6) is 0. The third-order valence-corrected chi connectivity index (χ3v) is 4.95. The molecule has 0 radical (unpaired) electrons. The first-order valence-corrected chi connectivity index (χ1v) is 9.13. The third-order valence-electron chi connectivity index (χ3n) is 4.95. The number of hydrogen-bond acceptors (Lipinski definition) is 3. The number of pyridine rings is 1. The lowest BCUT2D eigenvalue weighted by Gasteiger charge is -2.35. The van der Waals surface area contributed by atoms with E-state index in [9.17, 15) is 4.79 Å². The lowest BCUT2D eigenvalue weighted by molar-refractivity contribution is 0.0679. The van der Waals surface area contributed by atoms with Crippen LogP contribution in [0.2, 0.25) is 0 Å². The highest BCUT2D eigenvalue weighted by molar-refractivity contribution is 5.79. The van der Waals surface area contributed by atoms with Crippen LogP contribution in [-0.4, -0.2) is 22.5 Å². The highest BCUT2D eigenvalue weighted by atomic mass is 16.6. The second-order valence-electron chi connectivity index (χ2n) is 6.70. The van der Waals surface area contributed by atoms with Crippen LogP contribution in [0.25, 0.3) is 10.9 Å². The summed E-state index contributed by atoms with van der Waals surface area (Å²) in [4.78, 5) is 19.0. The molecule has 1 saturated heterocycles. The number of ether oxygens (including phenoxy) is 1. The van der Waals surface area contributed by atoms with Gasteiger partial charge in [-0.15, -0.1) is 0 Å². The van der Waals surface area contributed by atoms with Gasteiger partial charge in [-0.1, -0.05) is 42.5 Å². The average molecular weight is 346 g/mol. The van der Waals surface area contributed by atoms with Gasteiger partial charge in [-0.3, -0.25) is 4.98 Å². The van der Waals surface area contributed by atoms with Crippen molar-refractivity contribution >= 4 is 17.0 Å². The van der Waals surface area contributed by atoms with Crippen molar-refractivity contribution in [3.8, 4) is 0 Å². The molecule has 0 unspecified atom stereocenters. The number of carbonyl (C=O) groups excluding carboxylic acids is 1. The molecule has 0 saturated carbocycles. The zero-order valence-electron chi connectivity index (χ0n) is 14.7. The van der Waals surface area contributed by atoms with Gasteiger partial charge in [-0.2, -0.15) is 0 Å². The molecule has 4 rings (SSSR count). The molecule has 1 fully saturated rings. The molecular formula is C22H22N2O2. The number of rotatable bonds is 3. The number of amides is 1. The number of benzene rings is 2. The first kappa shape index (κ1) is 16.6. The van der Waals surface area contributed by atoms with E-state index in [1.54, 1.807) is 6.20 Å². The van der Waals surface area contributed by atoms with Gasteiger partial charge in [-0.25, -0.2) is 4.79 Å². The topological polar surface area (TPSA) is 42.4 Å². The molecule has 0 N–H and O–H groups in total. The predicted octanol–water partition coefficient (Wildman–Crippen LogP) is 5.10. The van der Waals surface area contributed by atoms with Crippen molar-refractivity contribution in [3.05, 3.63) is 78.0 Å². The summed E-state index contributed by atoms with van der Waals surface area (Å²) in [5.41, 5.74) is 3.14. The maximum Gasteiger partial charge on any atom is 0.410 e. The smallest absolute Gasteiger partial charge is 0.410 e. The SMILES string of the molecule is O=C(OCc1ccccc1)N1CCCC[C@@H]1c1ccc2ncccc2c1. The molecule has 132 valence electrons. The molecule has 2 heterocycles. The standard InChI is InChI=1S/C22H22N2O2/c25-22(26-16-17-7-2-1-3-8-17)24-14-5-4-10-21(24)19-11-12-20-18(15-19)9-6-13-23-20/h1-3,6-9,11-13,15,21H,4-5,10,14,16H2/t21-/m1/s1. The summed E-state index contributed by atoms with van der Waals surface area (Å²) in [6.45, 7) is 1.05. The fourth-order valence-corrected chi connectivity index (χ4v) is 3.60. The minimum atomic E-state index is -0.232. The molecule has 1 aliphatic rings. The maximum atomic E-state index is 12.7. The van der Waals surface area contributed by atoms with Crippen molar-refractivity contribution in [3.63, 3.8) is 0 Å². The number of aromatic nitrogens is 1. The van der Waals surface area contributed by atoms with Gasteiger partial charge in [0.05, 0.1) is 11.6 Å². The summed E-state index contributed by atoms with van der Waals surface area (Å²) in [5, 5.41) is 1.10. The van der Waals surface area contributed by atoms with Crippen LogP contribution in [0.5, 0.6) is 0 Å². The van der Waals surface area contributed by atoms with E-state index in [0.29, 0.717) is 6.61 Å². The zero-order valence-corrected chi connectivity index (χ0v) is 14.7. The summed E-state index contributed by atoms with van der Waals surface area (Å²) in [6, 6.07) is 20.1. The van der Waals surface area contributed by atoms with Crippen LogP contribution in [-0.2, 0) is 11.3 Å². The van der Waals surface area contributed by atoms with E-state index in [4.69, 9.17) is 4.74 Å². The Balaban J connectivity index is 1.52. The number of hydrogen-bond donors (Lipinski definition) is 0. The van der Waals surface area contributed by atoms with E-state index in [0.717, 1.165) is 47.8 Å². The van der Waals surface area contributed by atoms with Crippen molar-refractivity contribution < 1.29 is 9.53 Å². The molecule has 0 bridgehead atoms. The second kappa shape index (κ2) is 7.56. The minimum Gasteiger partial charge on any atom is -0.445 e. The lowest BCUT2D eigenvalue weighted by atomic mass is 9.94. The normalized spacial score (nSPS) is 17.2. The number of carbonyl (C=O) groups is 1. The van der Waals surface area contributed by atoms with Crippen molar-refractivity contribution in [2.24, 2.45) is 0 Å². The van der Waals surface area contributed by atoms with Crippen LogP contribution in [0.15, 0.2) is 66.9 Å².